The first-order valence-corrected chi connectivity index (χ1v) is 12.8. The van der Waals surface area contributed by atoms with Crippen LogP contribution in [0, 0.1) is 0 Å². The zero-order valence-corrected chi connectivity index (χ0v) is 13.0. The van der Waals surface area contributed by atoms with Crippen LogP contribution in [0.5, 0.6) is 0 Å². The molecule has 0 rings (SSSR count). The predicted molar refractivity (Wildman–Crippen MR) is 73.4 cm³/mol. The van der Waals surface area contributed by atoms with Crippen LogP contribution >= 0.6 is 0 Å². The average Bonchev–Trinajstić information content (AvgIpc) is 1.93. The highest BCUT2D eigenvalue weighted by Crippen LogP contribution is 2.17. The lowest BCUT2D eigenvalue weighted by Gasteiger charge is -2.17. The lowest BCUT2D eigenvalue weighted by molar-refractivity contribution is 1.17. The van der Waals surface area contributed by atoms with E-state index < -0.39 is 16.1 Å². The Labute approximate surface area is 92.1 Å². The fourth-order valence-electron chi connectivity index (χ4n) is 1.33. The summed E-state index contributed by atoms with van der Waals surface area (Å²) in [5, 5.41) is 1.58. The molecule has 0 fully saturated rings. The lowest BCUT2D eigenvalue weighted by Crippen LogP contribution is -2.23. The molecule has 0 aromatic carbocycles. The Bertz CT molecular complexity index is 232. The van der Waals surface area contributed by atoms with Crippen molar-refractivity contribution in [2.24, 2.45) is 0 Å². The van der Waals surface area contributed by atoms with Gasteiger partial charge in [0.2, 0.25) is 0 Å². The third-order valence-electron chi connectivity index (χ3n) is 2.25. The van der Waals surface area contributed by atoms with Gasteiger partial charge in [-0.2, -0.15) is 0 Å². The molecule has 0 saturated heterocycles. The lowest BCUT2D eigenvalue weighted by atomic mass is 10.4. The zero-order chi connectivity index (χ0) is 11.4. The van der Waals surface area contributed by atoms with Gasteiger partial charge in [0.25, 0.3) is 0 Å². The molecule has 0 amide bonds. The first-order valence-electron chi connectivity index (χ1n) is 5.61. The molecule has 0 saturated carbocycles. The van der Waals surface area contributed by atoms with Gasteiger partial charge in [-0.05, 0) is 23.7 Å². The Hall–Kier alpha value is -0.0462. The Kier molecular flexibility index (Phi) is 5.14. The molecule has 0 aromatic rings. The molecule has 0 atom stereocenters. The van der Waals surface area contributed by atoms with E-state index in [-0.39, 0.29) is 0 Å². The van der Waals surface area contributed by atoms with Crippen molar-refractivity contribution < 1.29 is 0 Å². The van der Waals surface area contributed by atoms with Gasteiger partial charge in [-0.15, -0.1) is 5.73 Å². The van der Waals surface area contributed by atoms with Gasteiger partial charge in [0, 0.05) is 8.07 Å². The van der Waals surface area contributed by atoms with Crippen LogP contribution in [0.15, 0.2) is 17.0 Å². The normalized spacial score (nSPS) is 12.2. The van der Waals surface area contributed by atoms with Crippen LogP contribution in [0.4, 0.5) is 0 Å². The van der Waals surface area contributed by atoms with Crippen LogP contribution in [0.3, 0.4) is 0 Å². The van der Waals surface area contributed by atoms with Crippen molar-refractivity contribution in [2.75, 3.05) is 0 Å². The maximum absolute atomic E-state index is 3.55. The van der Waals surface area contributed by atoms with E-state index in [1.54, 1.807) is 5.20 Å². The average molecular weight is 227 g/mol. The largest absolute Gasteiger partial charge is 0.131 e. The van der Waals surface area contributed by atoms with E-state index in [1.165, 1.54) is 12.5 Å². The van der Waals surface area contributed by atoms with E-state index >= 15 is 0 Å². The Morgan fingerprint density at radius 3 is 1.86 bits per heavy atom. The van der Waals surface area contributed by atoms with Crippen molar-refractivity contribution >= 4 is 16.1 Å². The number of rotatable bonds is 4. The summed E-state index contributed by atoms with van der Waals surface area (Å²) in [5.74, 6) is 0. The molecule has 0 heterocycles. The highest BCUT2D eigenvalue weighted by Gasteiger charge is 2.17. The van der Waals surface area contributed by atoms with E-state index in [9.17, 15) is 0 Å². The molecule has 0 nitrogen and oxygen atoms in total. The van der Waals surface area contributed by atoms with Gasteiger partial charge in [-0.25, -0.2) is 0 Å². The van der Waals surface area contributed by atoms with Crippen molar-refractivity contribution in [1.82, 2.24) is 0 Å². The quantitative estimate of drug-likeness (QED) is 0.482. The van der Waals surface area contributed by atoms with E-state index in [2.05, 4.69) is 58.0 Å². The van der Waals surface area contributed by atoms with Crippen LogP contribution in [0.2, 0.25) is 45.3 Å². The molecular formula is C12H26Si2. The van der Waals surface area contributed by atoms with Gasteiger partial charge >= 0.3 is 0 Å². The van der Waals surface area contributed by atoms with E-state index in [1.807, 2.05) is 0 Å². The molecule has 82 valence electrons. The van der Waals surface area contributed by atoms with Gasteiger partial charge in [-0.1, -0.05) is 46.2 Å². The molecule has 0 aliphatic carbocycles. The van der Waals surface area contributed by atoms with E-state index in [0.29, 0.717) is 0 Å². The fraction of sp³-hybridized carbons (Fsp3) is 0.750. The van der Waals surface area contributed by atoms with Crippen LogP contribution in [0.25, 0.3) is 0 Å². The molecule has 0 aromatic heterocycles. The highest BCUT2D eigenvalue weighted by molar-refractivity contribution is 6.83. The number of hydrogen-bond donors (Lipinski definition) is 0. The van der Waals surface area contributed by atoms with Crippen molar-refractivity contribution in [3.05, 3.63) is 17.0 Å². The summed E-state index contributed by atoms with van der Waals surface area (Å²) in [6, 6.07) is 1.26. The first kappa shape index (κ1) is 14.0. The minimum Gasteiger partial charge on any atom is -0.131 e. The third kappa shape index (κ3) is 6.41. The van der Waals surface area contributed by atoms with Crippen LogP contribution < -0.4 is 0 Å². The second-order valence-corrected chi connectivity index (χ2v) is 16.8. The maximum Gasteiger partial charge on any atom is 0.0823 e. The van der Waals surface area contributed by atoms with Crippen molar-refractivity contribution in [2.45, 2.75) is 58.7 Å². The standard InChI is InChI=1S/C12H26Si2/c1-8-12(14(5,6)7)10-9-11-13(2,3)4/h9H,8,11H2,1-7H3. The van der Waals surface area contributed by atoms with Crippen LogP contribution in [0.1, 0.15) is 13.3 Å². The van der Waals surface area contributed by atoms with Gasteiger partial charge in [0.05, 0.1) is 8.07 Å². The van der Waals surface area contributed by atoms with Crippen LogP contribution in [-0.4, -0.2) is 16.1 Å². The Morgan fingerprint density at radius 1 is 1.07 bits per heavy atom. The molecule has 0 aliphatic heterocycles. The van der Waals surface area contributed by atoms with Gasteiger partial charge in [-0.3, -0.25) is 0 Å². The monoisotopic (exact) mass is 226 g/mol. The topological polar surface area (TPSA) is 0 Å². The SMILES string of the molecule is CCC(=C=CC[Si](C)(C)C)[Si](C)(C)C. The van der Waals surface area contributed by atoms with Crippen molar-refractivity contribution in [3.63, 3.8) is 0 Å². The van der Waals surface area contributed by atoms with E-state index in [4.69, 9.17) is 0 Å². The van der Waals surface area contributed by atoms with Crippen LogP contribution in [-0.2, 0) is 0 Å². The van der Waals surface area contributed by atoms with Crippen molar-refractivity contribution in [1.29, 1.82) is 0 Å². The fourth-order valence-corrected chi connectivity index (χ4v) is 3.64. The minimum absolute atomic E-state index is 0.912. The zero-order valence-electron chi connectivity index (χ0n) is 11.0. The number of allylic oxidation sites excluding steroid dienone is 1. The summed E-state index contributed by atoms with van der Waals surface area (Å²) >= 11 is 0. The molecule has 0 aliphatic rings. The molecule has 0 N–H and O–H groups in total. The third-order valence-corrected chi connectivity index (χ3v) is 5.99. The molecule has 0 unspecified atom stereocenters. The van der Waals surface area contributed by atoms with E-state index in [0.717, 1.165) is 0 Å². The molecule has 0 spiro atoms. The van der Waals surface area contributed by atoms with Gasteiger partial charge < -0.3 is 0 Å². The second kappa shape index (κ2) is 5.15. The summed E-state index contributed by atoms with van der Waals surface area (Å²) in [7, 11) is -2.01. The van der Waals surface area contributed by atoms with Gasteiger partial charge in [0.15, 0.2) is 0 Å². The van der Waals surface area contributed by atoms with Crippen molar-refractivity contribution in [3.8, 4) is 0 Å². The molecule has 0 radical (unpaired) electrons. The summed E-state index contributed by atoms with van der Waals surface area (Å²) in [6.07, 6.45) is 3.47. The summed E-state index contributed by atoms with van der Waals surface area (Å²) < 4.78 is 0. The molecule has 14 heavy (non-hydrogen) atoms. The minimum atomic E-state index is -1.09. The highest BCUT2D eigenvalue weighted by atomic mass is 28.3. The molecule has 2 heteroatoms. The van der Waals surface area contributed by atoms with Gasteiger partial charge in [0.1, 0.15) is 0 Å². The Morgan fingerprint density at radius 2 is 1.57 bits per heavy atom. The second-order valence-electron chi connectivity index (χ2n) is 6.20. The summed E-state index contributed by atoms with van der Waals surface area (Å²) in [5.41, 5.74) is 3.55. The first-order chi connectivity index (χ1) is 6.17. The summed E-state index contributed by atoms with van der Waals surface area (Å²) in [6.45, 7) is 16.7. The number of hydrogen-bond acceptors (Lipinski definition) is 0. The molecular weight excluding hydrogens is 200 g/mol. The summed E-state index contributed by atoms with van der Waals surface area (Å²) in [4.78, 5) is 0. The smallest absolute Gasteiger partial charge is 0.0823 e. The maximum atomic E-state index is 3.55. The predicted octanol–water partition coefficient (Wildman–Crippen LogP) is 4.69. The molecule has 0 bridgehead atoms. The Balaban J connectivity index is 4.62.